The van der Waals surface area contributed by atoms with E-state index in [2.05, 4.69) is 15.5 Å². The van der Waals surface area contributed by atoms with Gasteiger partial charge in [0.1, 0.15) is 6.04 Å². The molecule has 2 amide bonds. The van der Waals surface area contributed by atoms with Gasteiger partial charge in [-0.05, 0) is 6.92 Å². The summed E-state index contributed by atoms with van der Waals surface area (Å²) in [5, 5.41) is 47.4. The molecular formula is C12H19N5O8. The van der Waals surface area contributed by atoms with Crippen LogP contribution in [-0.2, 0) is 9.59 Å². The van der Waals surface area contributed by atoms with Gasteiger partial charge >= 0.3 is 18.0 Å². The van der Waals surface area contributed by atoms with Crippen molar-refractivity contribution in [3.63, 3.8) is 0 Å². The van der Waals surface area contributed by atoms with E-state index in [1.807, 2.05) is 5.32 Å². The minimum Gasteiger partial charge on any atom is -0.481 e. The second-order valence-electron chi connectivity index (χ2n) is 5.09. The van der Waals surface area contributed by atoms with Crippen molar-refractivity contribution in [1.82, 2.24) is 20.8 Å². The van der Waals surface area contributed by atoms with Crippen LogP contribution in [0.2, 0.25) is 0 Å². The number of carboxylic acids is 2. The average Bonchev–Trinajstić information content (AvgIpc) is 2.98. The number of carbonyl (C=O) groups is 3. The summed E-state index contributed by atoms with van der Waals surface area (Å²) in [4.78, 5) is 33.3. The van der Waals surface area contributed by atoms with E-state index in [-0.39, 0.29) is 11.8 Å². The molecule has 2 unspecified atom stereocenters. The first-order valence-corrected chi connectivity index (χ1v) is 7.05. The van der Waals surface area contributed by atoms with Crippen molar-refractivity contribution >= 4 is 18.0 Å². The molecule has 0 fully saturated rings. The Labute approximate surface area is 140 Å². The molecule has 0 spiro atoms. The number of hydrogen-bond acceptors (Lipinski definition) is 9. The Bertz CT molecular complexity index is 618. The van der Waals surface area contributed by atoms with E-state index in [0.29, 0.717) is 0 Å². The minimum atomic E-state index is -1.57. The number of carboxylic acid groups (broad SMARTS) is 2. The molecule has 0 saturated heterocycles. The zero-order valence-electron chi connectivity index (χ0n) is 13.1. The summed E-state index contributed by atoms with van der Waals surface area (Å²) in [6.07, 6.45) is -1.83. The number of rotatable bonds is 9. The number of amides is 2. The largest absolute Gasteiger partial charge is 0.481 e. The lowest BCUT2D eigenvalue weighted by Crippen LogP contribution is -2.52. The topological polar surface area (TPSA) is 221 Å². The van der Waals surface area contributed by atoms with Gasteiger partial charge in [-0.15, -0.1) is 10.2 Å². The van der Waals surface area contributed by atoms with Crippen molar-refractivity contribution in [2.75, 3.05) is 6.61 Å². The molecule has 0 aliphatic rings. The first-order chi connectivity index (χ1) is 11.6. The van der Waals surface area contributed by atoms with Crippen molar-refractivity contribution in [3.05, 3.63) is 11.8 Å². The maximum Gasteiger partial charge on any atom is 0.328 e. The summed E-state index contributed by atoms with van der Waals surface area (Å²) in [7, 11) is 0. The predicted molar refractivity (Wildman–Crippen MR) is 78.1 cm³/mol. The van der Waals surface area contributed by atoms with Gasteiger partial charge in [0, 0.05) is 0 Å². The van der Waals surface area contributed by atoms with E-state index in [9.17, 15) is 24.6 Å². The first-order valence-electron chi connectivity index (χ1n) is 7.05. The Morgan fingerprint density at radius 1 is 1.20 bits per heavy atom. The number of urea groups is 1. The lowest BCUT2D eigenvalue weighted by Gasteiger charge is -2.19. The Hall–Kier alpha value is -2.77. The van der Waals surface area contributed by atoms with Crippen LogP contribution in [0.15, 0.2) is 4.42 Å². The Morgan fingerprint density at radius 2 is 1.80 bits per heavy atom. The third kappa shape index (κ3) is 5.98. The van der Waals surface area contributed by atoms with Crippen LogP contribution in [-0.4, -0.2) is 67.3 Å². The minimum absolute atomic E-state index is 0.203. The molecule has 25 heavy (non-hydrogen) atoms. The summed E-state index contributed by atoms with van der Waals surface area (Å²) in [5.74, 6) is -3.09. The van der Waals surface area contributed by atoms with Crippen LogP contribution in [0.3, 0.4) is 0 Å². The summed E-state index contributed by atoms with van der Waals surface area (Å²) in [6, 6.07) is -4.84. The third-order valence-corrected chi connectivity index (χ3v) is 2.99. The third-order valence-electron chi connectivity index (χ3n) is 2.99. The number of carbonyl (C=O) groups excluding carboxylic acids is 1. The average molecular weight is 361 g/mol. The van der Waals surface area contributed by atoms with Crippen molar-refractivity contribution in [3.8, 4) is 0 Å². The maximum atomic E-state index is 11.8. The second kappa shape index (κ2) is 8.91. The number of nitrogens with two attached hydrogens (primary N) is 1. The molecule has 0 saturated carbocycles. The number of nitrogens with zero attached hydrogens (tertiary/aromatic N) is 2. The summed E-state index contributed by atoms with van der Waals surface area (Å²) in [6.45, 7) is 0.506. The molecule has 0 aliphatic carbocycles. The normalized spacial score (nSPS) is 15.7. The Kier molecular flexibility index (Phi) is 7.22. The fourth-order valence-corrected chi connectivity index (χ4v) is 1.73. The van der Waals surface area contributed by atoms with Gasteiger partial charge in [-0.1, -0.05) is 0 Å². The summed E-state index contributed by atoms with van der Waals surface area (Å²) in [5.41, 5.74) is 5.55. The van der Waals surface area contributed by atoms with Crippen LogP contribution in [0.25, 0.3) is 0 Å². The smallest absolute Gasteiger partial charge is 0.328 e. The lowest BCUT2D eigenvalue weighted by atomic mass is 10.2. The number of hydrogen-bond donors (Lipinski definition) is 7. The van der Waals surface area contributed by atoms with E-state index in [0.717, 1.165) is 0 Å². The molecule has 1 aromatic rings. The van der Waals surface area contributed by atoms with Gasteiger partial charge in [-0.3, -0.25) is 4.79 Å². The van der Waals surface area contributed by atoms with Gasteiger partial charge < -0.3 is 41.2 Å². The quantitative estimate of drug-likeness (QED) is 0.248. The van der Waals surface area contributed by atoms with Crippen LogP contribution in [0, 0.1) is 0 Å². The molecule has 4 atom stereocenters. The highest BCUT2D eigenvalue weighted by Gasteiger charge is 2.28. The van der Waals surface area contributed by atoms with Crippen LogP contribution in [0.5, 0.6) is 0 Å². The molecule has 1 aromatic heterocycles. The fourth-order valence-electron chi connectivity index (χ4n) is 1.73. The van der Waals surface area contributed by atoms with Crippen molar-refractivity contribution < 1.29 is 39.2 Å². The van der Waals surface area contributed by atoms with Crippen LogP contribution in [0.4, 0.5) is 4.79 Å². The standard InChI is InChI=1S/C12H19N5O8/c1-4(19)8(11(22)23)15-12(24)14-6(3-18)10-17-16-9(25-10)5(13)2-7(20)21/h4-6,8,18-19H,2-3,13H2,1H3,(H,20,21)(H,22,23)(H2,14,15,24)/t4?,5-,6-,8?/m0/s1. The van der Waals surface area contributed by atoms with E-state index in [4.69, 9.17) is 20.4 Å². The van der Waals surface area contributed by atoms with Crippen LogP contribution < -0.4 is 16.4 Å². The van der Waals surface area contributed by atoms with Gasteiger partial charge in [0.15, 0.2) is 6.04 Å². The lowest BCUT2D eigenvalue weighted by molar-refractivity contribution is -0.142. The first kappa shape index (κ1) is 20.3. The highest BCUT2D eigenvalue weighted by atomic mass is 16.4. The Morgan fingerprint density at radius 3 is 2.28 bits per heavy atom. The molecular weight excluding hydrogens is 342 g/mol. The number of aromatic nitrogens is 2. The zero-order valence-corrected chi connectivity index (χ0v) is 13.1. The van der Waals surface area contributed by atoms with Crippen LogP contribution >= 0.6 is 0 Å². The highest BCUT2D eigenvalue weighted by molar-refractivity contribution is 5.83. The van der Waals surface area contributed by atoms with E-state index >= 15 is 0 Å². The monoisotopic (exact) mass is 361 g/mol. The zero-order chi connectivity index (χ0) is 19.1. The highest BCUT2D eigenvalue weighted by Crippen LogP contribution is 2.16. The molecule has 8 N–H and O–H groups in total. The van der Waals surface area contributed by atoms with Gasteiger partial charge in [-0.2, -0.15) is 0 Å². The second-order valence-corrected chi connectivity index (χ2v) is 5.09. The maximum absolute atomic E-state index is 11.8. The number of aliphatic hydroxyl groups is 2. The molecule has 1 heterocycles. The van der Waals surface area contributed by atoms with Crippen molar-refractivity contribution in [1.29, 1.82) is 0 Å². The van der Waals surface area contributed by atoms with Gasteiger partial charge in [-0.25, -0.2) is 9.59 Å². The molecule has 0 aromatic carbocycles. The van der Waals surface area contributed by atoms with E-state index in [1.54, 1.807) is 0 Å². The molecule has 1 rings (SSSR count). The molecule has 13 nitrogen and oxygen atoms in total. The fraction of sp³-hybridized carbons (Fsp3) is 0.583. The van der Waals surface area contributed by atoms with Gasteiger partial charge in [0.2, 0.25) is 11.8 Å². The number of aliphatic carboxylic acids is 2. The van der Waals surface area contributed by atoms with E-state index < -0.39 is 55.2 Å². The van der Waals surface area contributed by atoms with E-state index in [1.165, 1.54) is 6.92 Å². The SMILES string of the molecule is CC(O)C(NC(=O)N[C@@H](CO)c1nnc([C@@H](N)CC(=O)O)o1)C(=O)O. The molecule has 0 radical (unpaired) electrons. The number of nitrogens with one attached hydrogen (secondary N) is 2. The Balaban J connectivity index is 2.76. The van der Waals surface area contributed by atoms with Crippen LogP contribution in [0.1, 0.15) is 37.2 Å². The summed E-state index contributed by atoms with van der Waals surface area (Å²) < 4.78 is 5.12. The van der Waals surface area contributed by atoms with Gasteiger partial charge in [0.05, 0.1) is 25.2 Å². The molecule has 0 bridgehead atoms. The molecule has 140 valence electrons. The van der Waals surface area contributed by atoms with Crippen molar-refractivity contribution in [2.24, 2.45) is 5.73 Å². The molecule has 0 aliphatic heterocycles. The summed E-state index contributed by atoms with van der Waals surface area (Å²) >= 11 is 0. The van der Waals surface area contributed by atoms with Crippen molar-refractivity contribution in [2.45, 2.75) is 37.6 Å². The van der Waals surface area contributed by atoms with Gasteiger partial charge in [0.25, 0.3) is 0 Å². The predicted octanol–water partition coefficient (Wildman–Crippen LogP) is -2.29. The molecule has 13 heteroatoms. The number of aliphatic hydroxyl groups excluding tert-OH is 2.